The molecule has 0 aliphatic carbocycles. The van der Waals surface area contributed by atoms with Crippen LogP contribution in [-0.4, -0.2) is 39.7 Å². The van der Waals surface area contributed by atoms with Gasteiger partial charge in [-0.25, -0.2) is 4.79 Å². The zero-order valence-electron chi connectivity index (χ0n) is 10.0. The lowest BCUT2D eigenvalue weighted by Gasteiger charge is -2.34. The van der Waals surface area contributed by atoms with Crippen LogP contribution < -0.4 is 5.32 Å². The molecule has 1 aromatic heterocycles. The molecule has 0 atom stereocenters. The number of aliphatic carboxylic acids is 1. The fourth-order valence-electron chi connectivity index (χ4n) is 1.96. The minimum Gasteiger partial charge on any atom is -0.480 e. The van der Waals surface area contributed by atoms with Crippen molar-refractivity contribution in [3.63, 3.8) is 0 Å². The summed E-state index contributed by atoms with van der Waals surface area (Å²) in [6.07, 6.45) is 1.93. The first-order chi connectivity index (χ1) is 9.03. The van der Waals surface area contributed by atoms with E-state index >= 15 is 0 Å². The number of carboxylic acids is 1. The first kappa shape index (κ1) is 13.2. The van der Waals surface area contributed by atoms with Crippen molar-refractivity contribution < 1.29 is 19.6 Å². The van der Waals surface area contributed by atoms with E-state index in [1.165, 1.54) is 18.3 Å². The zero-order valence-corrected chi connectivity index (χ0v) is 10.0. The lowest BCUT2D eigenvalue weighted by molar-refractivity contribution is -0.389. The number of nitrogens with zero attached hydrogens (tertiary/aromatic N) is 2. The molecule has 0 bridgehead atoms. The summed E-state index contributed by atoms with van der Waals surface area (Å²) in [6, 6.07) is 2.68. The number of hydrogen-bond donors (Lipinski definition) is 2. The molecule has 0 spiro atoms. The van der Waals surface area contributed by atoms with Crippen molar-refractivity contribution in [1.82, 2.24) is 4.98 Å². The summed E-state index contributed by atoms with van der Waals surface area (Å²) >= 11 is 0. The lowest BCUT2D eigenvalue weighted by Crippen LogP contribution is -2.50. The van der Waals surface area contributed by atoms with Crippen LogP contribution in [0, 0.1) is 10.1 Å². The molecule has 2 rings (SSSR count). The van der Waals surface area contributed by atoms with E-state index < -0.39 is 16.4 Å². The van der Waals surface area contributed by atoms with Gasteiger partial charge in [0, 0.05) is 32.1 Å². The van der Waals surface area contributed by atoms with Crippen LogP contribution in [0.25, 0.3) is 0 Å². The molecule has 1 aromatic rings. The Morgan fingerprint density at radius 3 is 2.63 bits per heavy atom. The third-order valence-corrected chi connectivity index (χ3v) is 3.07. The van der Waals surface area contributed by atoms with Gasteiger partial charge in [-0.2, -0.15) is 0 Å². The van der Waals surface area contributed by atoms with Gasteiger partial charge >= 0.3 is 11.8 Å². The predicted octanol–water partition coefficient (Wildman–Crippen LogP) is 1.04. The van der Waals surface area contributed by atoms with Gasteiger partial charge in [-0.1, -0.05) is 0 Å². The summed E-state index contributed by atoms with van der Waals surface area (Å²) in [5.74, 6) is -1.24. The van der Waals surface area contributed by atoms with Gasteiger partial charge in [0.2, 0.25) is 0 Å². The first-order valence-electron chi connectivity index (χ1n) is 5.73. The smallest absolute Gasteiger partial charge is 0.363 e. The first-order valence-corrected chi connectivity index (χ1v) is 5.73. The second kappa shape index (κ2) is 5.19. The molecule has 102 valence electrons. The number of nitrogens with one attached hydrogen (secondary N) is 1. The van der Waals surface area contributed by atoms with E-state index in [9.17, 15) is 20.0 Å². The Balaban J connectivity index is 2.17. The van der Waals surface area contributed by atoms with E-state index in [4.69, 9.17) is 4.74 Å². The Morgan fingerprint density at radius 1 is 1.47 bits per heavy atom. The Morgan fingerprint density at radius 2 is 2.16 bits per heavy atom. The summed E-state index contributed by atoms with van der Waals surface area (Å²) in [5.41, 5.74) is -0.661. The molecule has 1 saturated heterocycles. The van der Waals surface area contributed by atoms with Crippen molar-refractivity contribution in [1.29, 1.82) is 0 Å². The van der Waals surface area contributed by atoms with Crippen LogP contribution in [0.2, 0.25) is 0 Å². The Hall–Kier alpha value is -2.22. The van der Waals surface area contributed by atoms with Crippen molar-refractivity contribution in [2.75, 3.05) is 18.5 Å². The van der Waals surface area contributed by atoms with E-state index in [1.54, 1.807) is 0 Å². The largest absolute Gasteiger partial charge is 0.480 e. The molecule has 1 aliphatic heterocycles. The topological polar surface area (TPSA) is 115 Å². The highest BCUT2D eigenvalue weighted by Gasteiger charge is 2.40. The molecule has 0 unspecified atom stereocenters. The summed E-state index contributed by atoms with van der Waals surface area (Å²) in [5, 5.41) is 22.7. The van der Waals surface area contributed by atoms with E-state index in [-0.39, 0.29) is 5.82 Å². The number of anilines is 1. The van der Waals surface area contributed by atoms with E-state index in [2.05, 4.69) is 10.3 Å². The summed E-state index contributed by atoms with van der Waals surface area (Å²) in [6.45, 7) is 0.722. The number of hydrogen-bond acceptors (Lipinski definition) is 6. The fourth-order valence-corrected chi connectivity index (χ4v) is 1.96. The van der Waals surface area contributed by atoms with Crippen molar-refractivity contribution in [2.24, 2.45) is 0 Å². The van der Waals surface area contributed by atoms with Gasteiger partial charge in [-0.15, -0.1) is 0 Å². The number of carbonyl (C=O) groups is 1. The number of pyridine rings is 1. The van der Waals surface area contributed by atoms with Crippen molar-refractivity contribution >= 4 is 17.5 Å². The predicted molar refractivity (Wildman–Crippen MR) is 64.9 cm³/mol. The third kappa shape index (κ3) is 2.79. The normalized spacial score (nSPS) is 17.7. The highest BCUT2D eigenvalue weighted by molar-refractivity contribution is 5.82. The number of rotatable bonds is 4. The van der Waals surface area contributed by atoms with Crippen LogP contribution in [0.3, 0.4) is 0 Å². The van der Waals surface area contributed by atoms with Gasteiger partial charge in [0.05, 0.1) is 5.69 Å². The Labute approximate surface area is 108 Å². The summed E-state index contributed by atoms with van der Waals surface area (Å²) in [4.78, 5) is 24.9. The van der Waals surface area contributed by atoms with Crippen molar-refractivity contribution in [2.45, 2.75) is 18.4 Å². The van der Waals surface area contributed by atoms with E-state index in [0.29, 0.717) is 31.7 Å². The van der Waals surface area contributed by atoms with Crippen LogP contribution in [-0.2, 0) is 9.53 Å². The maximum atomic E-state index is 11.4. The van der Waals surface area contributed by atoms with Gasteiger partial charge in [0.15, 0.2) is 6.20 Å². The zero-order chi connectivity index (χ0) is 13.9. The maximum Gasteiger partial charge on any atom is 0.363 e. The molecule has 0 amide bonds. The second-order valence-electron chi connectivity index (χ2n) is 4.29. The van der Waals surface area contributed by atoms with Crippen molar-refractivity contribution in [3.8, 4) is 0 Å². The minimum atomic E-state index is -1.10. The third-order valence-electron chi connectivity index (χ3n) is 3.07. The number of ether oxygens (including phenoxy) is 1. The van der Waals surface area contributed by atoms with Crippen LogP contribution >= 0.6 is 0 Å². The van der Waals surface area contributed by atoms with Gasteiger partial charge in [0.1, 0.15) is 5.54 Å². The van der Waals surface area contributed by atoms with Crippen molar-refractivity contribution in [3.05, 3.63) is 28.4 Å². The molecule has 8 nitrogen and oxygen atoms in total. The molecule has 2 N–H and O–H groups in total. The van der Waals surface area contributed by atoms with Gasteiger partial charge < -0.3 is 25.3 Å². The molecule has 0 aromatic carbocycles. The summed E-state index contributed by atoms with van der Waals surface area (Å²) < 4.78 is 5.15. The maximum absolute atomic E-state index is 11.4. The Bertz CT molecular complexity index is 482. The quantitative estimate of drug-likeness (QED) is 0.618. The summed E-state index contributed by atoms with van der Waals surface area (Å²) in [7, 11) is 0. The second-order valence-corrected chi connectivity index (χ2v) is 4.29. The molecule has 0 saturated carbocycles. The molecular formula is C11H13N3O5. The van der Waals surface area contributed by atoms with E-state index in [1.807, 2.05) is 0 Å². The monoisotopic (exact) mass is 267 g/mol. The van der Waals surface area contributed by atoms with Crippen LogP contribution in [0.5, 0.6) is 0 Å². The average Bonchev–Trinajstić information content (AvgIpc) is 2.40. The van der Waals surface area contributed by atoms with Crippen LogP contribution in [0.15, 0.2) is 18.3 Å². The highest BCUT2D eigenvalue weighted by Crippen LogP contribution is 2.26. The van der Waals surface area contributed by atoms with Gasteiger partial charge in [-0.05, 0) is 16.0 Å². The molecule has 2 heterocycles. The highest BCUT2D eigenvalue weighted by atomic mass is 16.6. The van der Waals surface area contributed by atoms with E-state index in [0.717, 1.165) is 0 Å². The minimum absolute atomic E-state index is 0.276. The molecule has 1 aliphatic rings. The standard InChI is InChI=1S/C11H13N3O5/c15-10(16)11(3-5-19-6-4-11)13-8-1-2-9(12-7-8)14(17)18/h1-2,7,13H,3-6H2,(H,15,16). The molecule has 8 heteroatoms. The SMILES string of the molecule is O=C(O)C1(Nc2ccc([N+](=O)[O-])nc2)CCOCC1. The molecule has 0 radical (unpaired) electrons. The fraction of sp³-hybridized carbons (Fsp3) is 0.455. The Kier molecular flexibility index (Phi) is 3.61. The molecular weight excluding hydrogens is 254 g/mol. The number of nitro groups is 1. The number of carboxylic acid groups (broad SMARTS) is 1. The van der Waals surface area contributed by atoms with Gasteiger partial charge in [-0.3, -0.25) is 0 Å². The molecule has 1 fully saturated rings. The molecule has 19 heavy (non-hydrogen) atoms. The lowest BCUT2D eigenvalue weighted by atomic mass is 9.90. The van der Waals surface area contributed by atoms with Gasteiger partial charge in [0.25, 0.3) is 0 Å². The average molecular weight is 267 g/mol. The van der Waals surface area contributed by atoms with Crippen LogP contribution in [0.4, 0.5) is 11.5 Å². The van der Waals surface area contributed by atoms with Crippen LogP contribution in [0.1, 0.15) is 12.8 Å². The number of aromatic nitrogens is 1.